The van der Waals surface area contributed by atoms with Gasteiger partial charge in [-0.1, -0.05) is 23.2 Å². The number of ether oxygens (including phenoxy) is 1. The fraction of sp³-hybridized carbons (Fsp3) is 0.370. The number of nitrogens with one attached hydrogen (secondary N) is 2. The Kier molecular flexibility index (Phi) is 7.19. The minimum atomic E-state index is -0.725. The van der Waals surface area contributed by atoms with Crippen molar-refractivity contribution in [3.8, 4) is 5.75 Å². The SMILES string of the molecule is C[C@@H](Oc1cc(C(=N)c2cnc(N3CC(C)(NCC4CC4)C3)c(F)c2)c(N)cc1F)c1c(Cl)cncc1Cl. The summed E-state index contributed by atoms with van der Waals surface area (Å²) in [7, 11) is 0. The summed E-state index contributed by atoms with van der Waals surface area (Å²) in [6.07, 6.45) is 6.08. The number of nitrogens with two attached hydrogens (primary N) is 1. The molecular weight excluding hydrogens is 533 g/mol. The van der Waals surface area contributed by atoms with Gasteiger partial charge in [0.2, 0.25) is 0 Å². The fourth-order valence-electron chi connectivity index (χ4n) is 4.66. The third kappa shape index (κ3) is 5.41. The van der Waals surface area contributed by atoms with Crippen molar-refractivity contribution in [2.75, 3.05) is 30.3 Å². The smallest absolute Gasteiger partial charge is 0.167 e. The zero-order valence-corrected chi connectivity index (χ0v) is 22.5. The molecule has 1 aliphatic heterocycles. The minimum absolute atomic E-state index is 0.0113. The zero-order valence-electron chi connectivity index (χ0n) is 21.0. The molecule has 5 rings (SSSR count). The van der Waals surface area contributed by atoms with Gasteiger partial charge in [-0.15, -0.1) is 0 Å². The number of aromatic nitrogens is 2. The first-order valence-electron chi connectivity index (χ1n) is 12.3. The van der Waals surface area contributed by atoms with E-state index in [0.717, 1.165) is 18.5 Å². The molecular formula is C27H28Cl2F2N6O. The molecule has 0 amide bonds. The van der Waals surface area contributed by atoms with Crippen molar-refractivity contribution in [1.82, 2.24) is 15.3 Å². The Hall–Kier alpha value is -3.01. The van der Waals surface area contributed by atoms with E-state index in [1.807, 2.05) is 4.90 Å². The summed E-state index contributed by atoms with van der Waals surface area (Å²) in [4.78, 5) is 10.1. The molecule has 38 heavy (non-hydrogen) atoms. The Bertz CT molecular complexity index is 1370. The van der Waals surface area contributed by atoms with Crippen LogP contribution >= 0.6 is 23.2 Å². The van der Waals surface area contributed by atoms with Gasteiger partial charge in [-0.2, -0.15) is 0 Å². The van der Waals surface area contributed by atoms with E-state index in [4.69, 9.17) is 39.1 Å². The fourth-order valence-corrected chi connectivity index (χ4v) is 5.33. The average Bonchev–Trinajstić information content (AvgIpc) is 3.67. The van der Waals surface area contributed by atoms with Crippen molar-refractivity contribution in [1.29, 1.82) is 5.41 Å². The Morgan fingerprint density at radius 1 is 1.18 bits per heavy atom. The number of nitrogens with zero attached hydrogens (tertiary/aromatic N) is 3. The van der Waals surface area contributed by atoms with Crippen LogP contribution in [-0.2, 0) is 0 Å². The van der Waals surface area contributed by atoms with E-state index < -0.39 is 17.7 Å². The number of rotatable bonds is 9. The summed E-state index contributed by atoms with van der Waals surface area (Å²) < 4.78 is 35.6. The summed E-state index contributed by atoms with van der Waals surface area (Å²) in [6.45, 7) is 6.07. The van der Waals surface area contributed by atoms with Gasteiger partial charge in [-0.05, 0) is 51.3 Å². The van der Waals surface area contributed by atoms with Crippen molar-refractivity contribution in [2.24, 2.45) is 5.92 Å². The van der Waals surface area contributed by atoms with Crippen LogP contribution in [0.25, 0.3) is 0 Å². The van der Waals surface area contributed by atoms with Crippen LogP contribution in [0.1, 0.15) is 49.5 Å². The van der Waals surface area contributed by atoms with Crippen molar-refractivity contribution in [3.63, 3.8) is 0 Å². The topological polar surface area (TPSA) is 100 Å². The van der Waals surface area contributed by atoms with E-state index in [0.29, 0.717) is 18.7 Å². The lowest BCUT2D eigenvalue weighted by Gasteiger charge is -2.49. The summed E-state index contributed by atoms with van der Waals surface area (Å²) in [5.41, 5.74) is 6.70. The van der Waals surface area contributed by atoms with Gasteiger partial charge >= 0.3 is 0 Å². The largest absolute Gasteiger partial charge is 0.483 e. The highest BCUT2D eigenvalue weighted by Gasteiger charge is 2.41. The van der Waals surface area contributed by atoms with Gasteiger partial charge in [0.15, 0.2) is 23.2 Å². The van der Waals surface area contributed by atoms with E-state index in [-0.39, 0.29) is 49.7 Å². The van der Waals surface area contributed by atoms with Gasteiger partial charge in [0.05, 0.1) is 21.3 Å². The molecule has 1 aromatic carbocycles. The highest BCUT2D eigenvalue weighted by Crippen LogP contribution is 2.36. The van der Waals surface area contributed by atoms with Gasteiger partial charge in [0, 0.05) is 60.1 Å². The lowest BCUT2D eigenvalue weighted by atomic mass is 9.91. The van der Waals surface area contributed by atoms with Crippen LogP contribution in [0, 0.1) is 23.0 Å². The second-order valence-corrected chi connectivity index (χ2v) is 11.1. The zero-order chi connectivity index (χ0) is 27.2. The second kappa shape index (κ2) is 10.3. The number of hydrogen-bond donors (Lipinski definition) is 3. The van der Waals surface area contributed by atoms with E-state index >= 15 is 4.39 Å². The maximum atomic E-state index is 15.1. The first-order valence-corrected chi connectivity index (χ1v) is 13.1. The molecule has 4 N–H and O–H groups in total. The normalized spacial score (nSPS) is 17.2. The molecule has 200 valence electrons. The molecule has 3 aromatic rings. The van der Waals surface area contributed by atoms with Crippen LogP contribution in [0.2, 0.25) is 10.0 Å². The number of hydrogen-bond acceptors (Lipinski definition) is 7. The van der Waals surface area contributed by atoms with Crippen LogP contribution in [0.3, 0.4) is 0 Å². The van der Waals surface area contributed by atoms with Crippen molar-refractivity contribution < 1.29 is 13.5 Å². The Morgan fingerprint density at radius 2 is 1.87 bits per heavy atom. The maximum Gasteiger partial charge on any atom is 0.167 e. The third-order valence-electron chi connectivity index (χ3n) is 6.98. The molecule has 1 atom stereocenters. The summed E-state index contributed by atoms with van der Waals surface area (Å²) >= 11 is 12.4. The molecule has 0 spiro atoms. The molecule has 2 fully saturated rings. The van der Waals surface area contributed by atoms with Crippen LogP contribution < -0.4 is 20.7 Å². The standard InChI is InChI=1S/C27H28Cl2F2N6O/c1-14(24-18(28)10-34-11-19(24)29)38-23-6-17(22(32)7-20(23)30)25(33)16-5-21(31)26(35-9-16)37-12-27(2,13-37)36-8-15-3-4-15/h5-7,9-11,14-15,33,36H,3-4,8,12-13,32H2,1-2H3/t14-/m1/s1. The molecule has 1 saturated heterocycles. The number of anilines is 2. The summed E-state index contributed by atoms with van der Waals surface area (Å²) in [6, 6.07) is 3.63. The van der Waals surface area contributed by atoms with Gasteiger partial charge in [-0.3, -0.25) is 10.4 Å². The minimum Gasteiger partial charge on any atom is -0.483 e. The predicted molar refractivity (Wildman–Crippen MR) is 146 cm³/mol. The summed E-state index contributed by atoms with van der Waals surface area (Å²) in [5.74, 6) is -0.408. The van der Waals surface area contributed by atoms with Crippen LogP contribution in [-0.4, -0.2) is 40.9 Å². The predicted octanol–water partition coefficient (Wildman–Crippen LogP) is 5.78. The maximum absolute atomic E-state index is 15.1. The van der Waals surface area contributed by atoms with E-state index in [1.165, 1.54) is 43.6 Å². The van der Waals surface area contributed by atoms with E-state index in [1.54, 1.807) is 6.92 Å². The molecule has 0 unspecified atom stereocenters. The monoisotopic (exact) mass is 560 g/mol. The molecule has 2 aromatic heterocycles. The molecule has 1 aliphatic carbocycles. The summed E-state index contributed by atoms with van der Waals surface area (Å²) in [5, 5.41) is 12.8. The van der Waals surface area contributed by atoms with Crippen LogP contribution in [0.4, 0.5) is 20.3 Å². The second-order valence-electron chi connectivity index (χ2n) is 10.3. The molecule has 11 heteroatoms. The molecule has 0 radical (unpaired) electrons. The van der Waals surface area contributed by atoms with Crippen LogP contribution in [0.15, 0.2) is 36.8 Å². The molecule has 3 heterocycles. The average molecular weight is 561 g/mol. The highest BCUT2D eigenvalue weighted by atomic mass is 35.5. The van der Waals surface area contributed by atoms with E-state index in [9.17, 15) is 4.39 Å². The number of halogens is 4. The van der Waals surface area contributed by atoms with Gasteiger partial charge in [0.1, 0.15) is 6.10 Å². The van der Waals surface area contributed by atoms with Crippen molar-refractivity contribution >= 4 is 40.4 Å². The molecule has 7 nitrogen and oxygen atoms in total. The molecule has 1 saturated carbocycles. The Balaban J connectivity index is 1.32. The first kappa shape index (κ1) is 26.6. The van der Waals surface area contributed by atoms with Gasteiger partial charge in [0.25, 0.3) is 0 Å². The highest BCUT2D eigenvalue weighted by molar-refractivity contribution is 6.35. The van der Waals surface area contributed by atoms with Gasteiger partial charge < -0.3 is 20.7 Å². The quantitative estimate of drug-likeness (QED) is 0.226. The number of pyridine rings is 2. The molecule has 0 bridgehead atoms. The van der Waals surface area contributed by atoms with E-state index in [2.05, 4.69) is 22.2 Å². The third-order valence-corrected chi connectivity index (χ3v) is 7.58. The lowest BCUT2D eigenvalue weighted by Crippen LogP contribution is -2.68. The Labute approximate surface area is 229 Å². The van der Waals surface area contributed by atoms with Crippen LogP contribution in [0.5, 0.6) is 5.75 Å². The lowest BCUT2D eigenvalue weighted by molar-refractivity contribution is 0.216. The van der Waals surface area contributed by atoms with Crippen molar-refractivity contribution in [3.05, 3.63) is 75.2 Å². The Morgan fingerprint density at radius 3 is 2.50 bits per heavy atom. The number of benzene rings is 1. The van der Waals surface area contributed by atoms with Crippen molar-refractivity contribution in [2.45, 2.75) is 38.3 Å². The van der Waals surface area contributed by atoms with Gasteiger partial charge in [-0.25, -0.2) is 13.8 Å². The molecule has 2 aliphatic rings. The number of nitrogen functional groups attached to an aromatic ring is 1. The first-order chi connectivity index (χ1) is 18.0.